The fourth-order valence-corrected chi connectivity index (χ4v) is 2.50. The smallest absolute Gasteiger partial charge is 0.0889 e. The Hall–Kier alpha value is 0.380. The summed E-state index contributed by atoms with van der Waals surface area (Å²) in [6.45, 7) is 2.25. The predicted molar refractivity (Wildman–Crippen MR) is 55.6 cm³/mol. The molecule has 0 fully saturated rings. The first kappa shape index (κ1) is 12.4. The van der Waals surface area contributed by atoms with Crippen LogP contribution in [-0.2, 0) is 0 Å². The summed E-state index contributed by atoms with van der Waals surface area (Å²) in [5.74, 6) is 0. The van der Waals surface area contributed by atoms with E-state index >= 15 is 0 Å². The molecule has 1 atom stereocenters. The van der Waals surface area contributed by atoms with Gasteiger partial charge in [-0.1, -0.05) is 31.5 Å². The Morgan fingerprint density at radius 3 is 2.42 bits per heavy atom. The van der Waals surface area contributed by atoms with E-state index in [1.165, 1.54) is 19.0 Å². The van der Waals surface area contributed by atoms with Gasteiger partial charge in [-0.25, -0.2) is 0 Å². The molecular formula is C10H16IP. The molecule has 0 aliphatic heterocycles. The van der Waals surface area contributed by atoms with E-state index in [0.717, 1.165) is 0 Å². The maximum atomic E-state index is 2.25. The highest BCUT2D eigenvalue weighted by Gasteiger charge is 1.96. The molecule has 0 saturated heterocycles. The van der Waals surface area contributed by atoms with E-state index in [1.54, 1.807) is 5.30 Å². The van der Waals surface area contributed by atoms with Crippen LogP contribution in [0.4, 0.5) is 0 Å². The standard InChI is InChI=1S/C10H15P.HI/c1-2-3-9-11-10-7-5-4-6-8-10;/h4-8,11H,2-3,9H2,1H3;1H. The lowest BCUT2D eigenvalue weighted by Gasteiger charge is -1.91. The molecular weight excluding hydrogens is 278 g/mol. The normalized spacial score (nSPS) is 10.1. The van der Waals surface area contributed by atoms with Crippen molar-refractivity contribution in [1.29, 1.82) is 0 Å². The first-order valence-electron chi connectivity index (χ1n) is 4.31. The lowest BCUT2D eigenvalue weighted by molar-refractivity contribution is -0.00000224. The zero-order chi connectivity index (χ0) is 7.94. The summed E-state index contributed by atoms with van der Waals surface area (Å²) in [6.07, 6.45) is 4.14. The van der Waals surface area contributed by atoms with Crippen LogP contribution in [-0.4, -0.2) is 6.16 Å². The predicted octanol–water partition coefficient (Wildman–Crippen LogP) is -0.473. The molecule has 1 aromatic carbocycles. The molecule has 0 saturated carbocycles. The summed E-state index contributed by atoms with van der Waals surface area (Å²) in [5, 5.41) is 1.56. The fraction of sp³-hybridized carbons (Fsp3) is 0.400. The molecule has 0 heterocycles. The van der Waals surface area contributed by atoms with Crippen molar-refractivity contribution in [2.24, 2.45) is 0 Å². The van der Waals surface area contributed by atoms with Gasteiger partial charge in [-0.05, 0) is 18.6 Å². The minimum absolute atomic E-state index is 0. The Kier molecular flexibility index (Phi) is 8.25. The van der Waals surface area contributed by atoms with Crippen LogP contribution in [0.15, 0.2) is 30.3 Å². The van der Waals surface area contributed by atoms with Gasteiger partial charge in [-0.15, -0.1) is 0 Å². The van der Waals surface area contributed by atoms with Crippen molar-refractivity contribution in [2.45, 2.75) is 19.8 Å². The van der Waals surface area contributed by atoms with Crippen LogP contribution in [0.3, 0.4) is 0 Å². The fourth-order valence-electron chi connectivity index (χ4n) is 1.06. The second-order valence-electron chi connectivity index (χ2n) is 2.76. The Morgan fingerprint density at radius 2 is 1.83 bits per heavy atom. The number of unbranched alkanes of at least 4 members (excludes halogenated alkanes) is 1. The van der Waals surface area contributed by atoms with E-state index in [9.17, 15) is 0 Å². The number of halogens is 1. The highest BCUT2D eigenvalue weighted by atomic mass is 127. The van der Waals surface area contributed by atoms with Crippen molar-refractivity contribution in [2.75, 3.05) is 6.16 Å². The van der Waals surface area contributed by atoms with Crippen LogP contribution in [0.25, 0.3) is 0 Å². The van der Waals surface area contributed by atoms with Crippen molar-refractivity contribution in [3.05, 3.63) is 30.3 Å². The maximum absolute atomic E-state index is 2.25. The van der Waals surface area contributed by atoms with Crippen molar-refractivity contribution in [3.8, 4) is 0 Å². The van der Waals surface area contributed by atoms with Gasteiger partial charge in [0.2, 0.25) is 0 Å². The van der Waals surface area contributed by atoms with Gasteiger partial charge >= 0.3 is 0 Å². The third-order valence-corrected chi connectivity index (χ3v) is 3.29. The summed E-state index contributed by atoms with van der Waals surface area (Å²) in [7, 11) is 0.544. The number of hydrogen-bond acceptors (Lipinski definition) is 0. The first-order valence-corrected chi connectivity index (χ1v) is 5.71. The topological polar surface area (TPSA) is 0 Å². The monoisotopic (exact) mass is 294 g/mol. The summed E-state index contributed by atoms with van der Waals surface area (Å²) in [6, 6.07) is 10.8. The molecule has 0 aliphatic carbocycles. The van der Waals surface area contributed by atoms with Gasteiger partial charge in [0.15, 0.2) is 0 Å². The van der Waals surface area contributed by atoms with Crippen LogP contribution in [0.5, 0.6) is 0 Å². The molecule has 68 valence electrons. The van der Waals surface area contributed by atoms with E-state index in [4.69, 9.17) is 0 Å². The van der Waals surface area contributed by atoms with Gasteiger partial charge in [0, 0.05) is 8.58 Å². The van der Waals surface area contributed by atoms with Gasteiger partial charge in [0.1, 0.15) is 0 Å². The second kappa shape index (κ2) is 8.00. The van der Waals surface area contributed by atoms with Crippen molar-refractivity contribution >= 4 is 13.9 Å². The van der Waals surface area contributed by atoms with E-state index in [-0.39, 0.29) is 24.0 Å². The molecule has 0 aliphatic rings. The Morgan fingerprint density at radius 1 is 1.17 bits per heavy atom. The van der Waals surface area contributed by atoms with Crippen molar-refractivity contribution in [3.63, 3.8) is 0 Å². The highest BCUT2D eigenvalue weighted by molar-refractivity contribution is 7.47. The molecule has 12 heavy (non-hydrogen) atoms. The number of benzene rings is 1. The molecule has 2 heteroatoms. The Balaban J connectivity index is 0.00000121. The number of rotatable bonds is 4. The zero-order valence-electron chi connectivity index (χ0n) is 7.46. The van der Waals surface area contributed by atoms with Crippen LogP contribution in [0.1, 0.15) is 19.8 Å². The quantitative estimate of drug-likeness (QED) is 0.400. The SMILES string of the molecule is CCCC[PH2+]c1ccccc1.[I-]. The molecule has 0 N–H and O–H groups in total. The Labute approximate surface area is 93.9 Å². The van der Waals surface area contributed by atoms with E-state index in [2.05, 4.69) is 37.3 Å². The third kappa shape index (κ3) is 5.10. The second-order valence-corrected chi connectivity index (χ2v) is 4.41. The highest BCUT2D eigenvalue weighted by Crippen LogP contribution is 2.11. The average molecular weight is 294 g/mol. The van der Waals surface area contributed by atoms with Gasteiger partial charge in [-0.2, -0.15) is 0 Å². The largest absolute Gasteiger partial charge is 1.00 e. The average Bonchev–Trinajstić information content (AvgIpc) is 2.07. The van der Waals surface area contributed by atoms with Crippen molar-refractivity contribution in [1.82, 2.24) is 0 Å². The summed E-state index contributed by atoms with van der Waals surface area (Å²) in [5.41, 5.74) is 0. The van der Waals surface area contributed by atoms with Crippen LogP contribution >= 0.6 is 8.58 Å². The van der Waals surface area contributed by atoms with Crippen LogP contribution < -0.4 is 29.3 Å². The van der Waals surface area contributed by atoms with Crippen molar-refractivity contribution < 1.29 is 24.0 Å². The minimum Gasteiger partial charge on any atom is -1.00 e. The summed E-state index contributed by atoms with van der Waals surface area (Å²) < 4.78 is 0. The maximum Gasteiger partial charge on any atom is 0.0889 e. The zero-order valence-corrected chi connectivity index (χ0v) is 10.8. The molecule has 0 aromatic heterocycles. The van der Waals surface area contributed by atoms with E-state index in [1.807, 2.05) is 0 Å². The molecule has 1 unspecified atom stereocenters. The van der Waals surface area contributed by atoms with Gasteiger partial charge in [0.05, 0.1) is 11.5 Å². The summed E-state index contributed by atoms with van der Waals surface area (Å²) in [4.78, 5) is 0. The van der Waals surface area contributed by atoms with Gasteiger partial charge in [-0.3, -0.25) is 0 Å². The summed E-state index contributed by atoms with van der Waals surface area (Å²) >= 11 is 0. The molecule has 0 radical (unpaired) electrons. The van der Waals surface area contributed by atoms with Gasteiger partial charge in [0.25, 0.3) is 0 Å². The minimum atomic E-state index is 0. The lowest BCUT2D eigenvalue weighted by atomic mass is 10.4. The molecule has 1 rings (SSSR count). The molecule has 0 nitrogen and oxygen atoms in total. The molecule has 0 spiro atoms. The third-order valence-electron chi connectivity index (χ3n) is 1.74. The lowest BCUT2D eigenvalue weighted by Crippen LogP contribution is -3.00. The first-order chi connectivity index (χ1) is 5.43. The molecule has 1 aromatic rings. The van der Waals surface area contributed by atoms with Crippen LogP contribution in [0, 0.1) is 0 Å². The van der Waals surface area contributed by atoms with E-state index < -0.39 is 0 Å². The van der Waals surface area contributed by atoms with Crippen LogP contribution in [0.2, 0.25) is 0 Å². The number of hydrogen-bond donors (Lipinski definition) is 0. The Bertz CT molecular complexity index is 186. The molecule has 0 amide bonds. The molecule has 0 bridgehead atoms. The van der Waals surface area contributed by atoms with E-state index in [0.29, 0.717) is 8.58 Å². The van der Waals surface area contributed by atoms with Gasteiger partial charge < -0.3 is 24.0 Å².